The fourth-order valence-electron chi connectivity index (χ4n) is 1.79. The second-order valence-electron chi connectivity index (χ2n) is 4.84. The van der Waals surface area contributed by atoms with Gasteiger partial charge in [-0.15, -0.1) is 21.5 Å². The molecule has 0 unspecified atom stereocenters. The lowest BCUT2D eigenvalue weighted by atomic mass is 10.2. The van der Waals surface area contributed by atoms with Crippen LogP contribution in [0.3, 0.4) is 0 Å². The van der Waals surface area contributed by atoms with Crippen molar-refractivity contribution in [1.82, 2.24) is 25.1 Å². The van der Waals surface area contributed by atoms with Gasteiger partial charge in [0.25, 0.3) is 5.91 Å². The highest BCUT2D eigenvalue weighted by Gasteiger charge is 2.17. The molecule has 0 saturated carbocycles. The van der Waals surface area contributed by atoms with Crippen molar-refractivity contribution in [3.05, 3.63) is 27.7 Å². The molecule has 20 heavy (non-hydrogen) atoms. The molecule has 1 amide bonds. The van der Waals surface area contributed by atoms with E-state index in [1.165, 1.54) is 11.3 Å². The first-order valence-electron chi connectivity index (χ1n) is 6.65. The third kappa shape index (κ3) is 3.04. The van der Waals surface area contributed by atoms with Gasteiger partial charge in [-0.1, -0.05) is 13.8 Å². The van der Waals surface area contributed by atoms with E-state index in [1.54, 1.807) is 6.33 Å². The number of hydrogen-bond donors (Lipinski definition) is 1. The number of hydrogen-bond acceptors (Lipinski definition) is 5. The summed E-state index contributed by atoms with van der Waals surface area (Å²) in [5.74, 6) is 0.994. The lowest BCUT2D eigenvalue weighted by Gasteiger charge is -2.05. The maximum Gasteiger partial charge on any atom is 0.263 e. The van der Waals surface area contributed by atoms with Crippen LogP contribution in [-0.2, 0) is 13.1 Å². The zero-order valence-electron chi connectivity index (χ0n) is 12.2. The van der Waals surface area contributed by atoms with Gasteiger partial charge < -0.3 is 9.88 Å². The summed E-state index contributed by atoms with van der Waals surface area (Å²) in [6.45, 7) is 9.19. The average Bonchev–Trinajstić information content (AvgIpc) is 3.01. The van der Waals surface area contributed by atoms with Crippen molar-refractivity contribution in [2.45, 2.75) is 46.7 Å². The molecular weight excluding hydrogens is 274 g/mol. The molecular formula is C13H19N5OS. The van der Waals surface area contributed by atoms with E-state index >= 15 is 0 Å². The van der Waals surface area contributed by atoms with Crippen LogP contribution in [0.25, 0.3) is 0 Å². The minimum atomic E-state index is -0.0995. The van der Waals surface area contributed by atoms with Gasteiger partial charge in [-0.05, 0) is 13.8 Å². The predicted octanol–water partition coefficient (Wildman–Crippen LogP) is 2.12. The summed E-state index contributed by atoms with van der Waals surface area (Å²) < 4.78 is 1.90. The number of thiazole rings is 1. The van der Waals surface area contributed by atoms with Crippen LogP contribution in [-0.4, -0.2) is 25.7 Å². The maximum absolute atomic E-state index is 12.2. The van der Waals surface area contributed by atoms with E-state index in [0.29, 0.717) is 17.3 Å². The van der Waals surface area contributed by atoms with Crippen LogP contribution in [0.5, 0.6) is 0 Å². The summed E-state index contributed by atoms with van der Waals surface area (Å²) in [6.07, 6.45) is 1.66. The average molecular weight is 293 g/mol. The Hall–Kier alpha value is -1.76. The third-order valence-corrected chi connectivity index (χ3v) is 4.41. The monoisotopic (exact) mass is 293 g/mol. The number of nitrogens with zero attached hydrogens (tertiary/aromatic N) is 4. The quantitative estimate of drug-likeness (QED) is 0.916. The molecule has 0 radical (unpaired) electrons. The summed E-state index contributed by atoms with van der Waals surface area (Å²) in [7, 11) is 0. The van der Waals surface area contributed by atoms with Gasteiger partial charge in [0.2, 0.25) is 0 Å². The standard InChI is InChI=1S/C13H19N5OS/c1-5-18-7-15-17-10(18)6-14-12(19)11-9(4)16-13(20-11)8(2)3/h7-8H,5-6H2,1-4H3,(H,14,19). The van der Waals surface area contributed by atoms with Crippen LogP contribution in [0.15, 0.2) is 6.33 Å². The highest BCUT2D eigenvalue weighted by Crippen LogP contribution is 2.24. The van der Waals surface area contributed by atoms with E-state index in [1.807, 2.05) is 18.4 Å². The third-order valence-electron chi connectivity index (χ3n) is 2.96. The Kier molecular flexibility index (Phi) is 4.49. The molecule has 6 nitrogen and oxygen atoms in total. The SMILES string of the molecule is CCn1cnnc1CNC(=O)c1sc(C(C)C)nc1C. The van der Waals surface area contributed by atoms with E-state index in [4.69, 9.17) is 0 Å². The summed E-state index contributed by atoms with van der Waals surface area (Å²) in [6, 6.07) is 0. The number of carbonyl (C=O) groups is 1. The molecule has 0 aliphatic rings. The molecule has 2 heterocycles. The molecule has 2 aromatic heterocycles. The molecule has 0 fully saturated rings. The maximum atomic E-state index is 12.2. The smallest absolute Gasteiger partial charge is 0.263 e. The topological polar surface area (TPSA) is 72.7 Å². The minimum absolute atomic E-state index is 0.0995. The Labute approximate surface area is 122 Å². The Morgan fingerprint density at radius 1 is 1.50 bits per heavy atom. The van der Waals surface area contributed by atoms with Crippen molar-refractivity contribution in [3.8, 4) is 0 Å². The molecule has 0 spiro atoms. The molecule has 0 aliphatic heterocycles. The van der Waals surface area contributed by atoms with Crippen LogP contribution in [0, 0.1) is 6.92 Å². The van der Waals surface area contributed by atoms with Crippen LogP contribution >= 0.6 is 11.3 Å². The van der Waals surface area contributed by atoms with Crippen LogP contribution in [0.1, 0.15) is 52.9 Å². The number of aromatic nitrogens is 4. The molecule has 0 aromatic carbocycles. The van der Waals surface area contributed by atoms with Crippen LogP contribution in [0.4, 0.5) is 0 Å². The second-order valence-corrected chi connectivity index (χ2v) is 5.87. The Balaban J connectivity index is 2.05. The van der Waals surface area contributed by atoms with E-state index in [9.17, 15) is 4.79 Å². The fourth-order valence-corrected chi connectivity index (χ4v) is 2.78. The van der Waals surface area contributed by atoms with E-state index in [0.717, 1.165) is 23.1 Å². The van der Waals surface area contributed by atoms with Crippen LogP contribution < -0.4 is 5.32 Å². The Morgan fingerprint density at radius 3 is 2.85 bits per heavy atom. The normalized spacial score (nSPS) is 11.1. The van der Waals surface area contributed by atoms with E-state index in [2.05, 4.69) is 34.3 Å². The van der Waals surface area contributed by atoms with Gasteiger partial charge in [0.15, 0.2) is 5.82 Å². The zero-order valence-corrected chi connectivity index (χ0v) is 13.0. The molecule has 0 bridgehead atoms. The first kappa shape index (κ1) is 14.6. The lowest BCUT2D eigenvalue weighted by Crippen LogP contribution is -2.24. The summed E-state index contributed by atoms with van der Waals surface area (Å²) in [4.78, 5) is 17.3. The zero-order chi connectivity index (χ0) is 14.7. The molecule has 0 atom stereocenters. The van der Waals surface area contributed by atoms with Gasteiger partial charge in [-0.3, -0.25) is 4.79 Å². The number of aryl methyl sites for hydroxylation is 2. The molecule has 1 N–H and O–H groups in total. The van der Waals surface area contributed by atoms with Gasteiger partial charge in [-0.25, -0.2) is 4.98 Å². The first-order valence-corrected chi connectivity index (χ1v) is 7.46. The summed E-state index contributed by atoms with van der Waals surface area (Å²) >= 11 is 1.46. The predicted molar refractivity (Wildman–Crippen MR) is 77.8 cm³/mol. The minimum Gasteiger partial charge on any atom is -0.344 e. The lowest BCUT2D eigenvalue weighted by molar-refractivity contribution is 0.0952. The second kappa shape index (κ2) is 6.13. The summed E-state index contributed by atoms with van der Waals surface area (Å²) in [5.41, 5.74) is 0.785. The van der Waals surface area contributed by atoms with E-state index < -0.39 is 0 Å². The number of nitrogens with one attached hydrogen (secondary N) is 1. The molecule has 108 valence electrons. The highest BCUT2D eigenvalue weighted by molar-refractivity contribution is 7.13. The summed E-state index contributed by atoms with van der Waals surface area (Å²) in [5, 5.41) is 11.7. The molecule has 2 aromatic rings. The van der Waals surface area contributed by atoms with Gasteiger partial charge in [0.05, 0.1) is 17.2 Å². The number of carbonyl (C=O) groups excluding carboxylic acids is 1. The van der Waals surface area contributed by atoms with Crippen molar-refractivity contribution in [2.24, 2.45) is 0 Å². The van der Waals surface area contributed by atoms with Crippen LogP contribution in [0.2, 0.25) is 0 Å². The van der Waals surface area contributed by atoms with Gasteiger partial charge in [0.1, 0.15) is 11.2 Å². The van der Waals surface area contributed by atoms with Crippen molar-refractivity contribution in [2.75, 3.05) is 0 Å². The molecule has 0 saturated heterocycles. The Morgan fingerprint density at radius 2 is 2.25 bits per heavy atom. The largest absolute Gasteiger partial charge is 0.344 e. The molecule has 0 aliphatic carbocycles. The first-order chi connectivity index (χ1) is 9.52. The Bertz CT molecular complexity index is 602. The molecule has 7 heteroatoms. The van der Waals surface area contributed by atoms with Crippen molar-refractivity contribution in [3.63, 3.8) is 0 Å². The highest BCUT2D eigenvalue weighted by atomic mass is 32.1. The van der Waals surface area contributed by atoms with Crippen molar-refractivity contribution >= 4 is 17.2 Å². The van der Waals surface area contributed by atoms with E-state index in [-0.39, 0.29) is 5.91 Å². The van der Waals surface area contributed by atoms with Gasteiger partial charge in [-0.2, -0.15) is 0 Å². The van der Waals surface area contributed by atoms with Crippen molar-refractivity contribution < 1.29 is 4.79 Å². The van der Waals surface area contributed by atoms with Gasteiger partial charge in [0, 0.05) is 12.5 Å². The molecule has 2 rings (SSSR count). The van der Waals surface area contributed by atoms with Crippen molar-refractivity contribution in [1.29, 1.82) is 0 Å². The number of amides is 1. The number of rotatable bonds is 5. The van der Waals surface area contributed by atoms with Gasteiger partial charge >= 0.3 is 0 Å². The fraction of sp³-hybridized carbons (Fsp3) is 0.538.